The van der Waals surface area contributed by atoms with E-state index in [1.54, 1.807) is 31.1 Å². The molecule has 1 saturated carbocycles. The Bertz CT molecular complexity index is 1090. The van der Waals surface area contributed by atoms with Crippen LogP contribution in [-0.4, -0.2) is 53.2 Å². The predicted octanol–water partition coefficient (Wildman–Crippen LogP) is 4.23. The van der Waals surface area contributed by atoms with Gasteiger partial charge in [-0.1, -0.05) is 0 Å². The average molecular weight is 474 g/mol. The Hall–Kier alpha value is -3.10. The summed E-state index contributed by atoms with van der Waals surface area (Å²) in [7, 11) is 3.09. The van der Waals surface area contributed by atoms with Crippen molar-refractivity contribution in [2.45, 2.75) is 51.5 Å². The molecule has 34 heavy (non-hydrogen) atoms. The summed E-state index contributed by atoms with van der Waals surface area (Å²) < 4.78 is 40.4. The van der Waals surface area contributed by atoms with Gasteiger partial charge in [0.25, 0.3) is 0 Å². The van der Waals surface area contributed by atoms with Gasteiger partial charge < -0.3 is 14.4 Å². The molecule has 2 aliphatic rings. The van der Waals surface area contributed by atoms with E-state index in [1.807, 2.05) is 6.07 Å². The molecule has 1 aliphatic carbocycles. The number of alkyl halides is 2. The summed E-state index contributed by atoms with van der Waals surface area (Å²) in [5, 5.41) is 0. The smallest absolute Gasteiger partial charge is 0.249 e. The van der Waals surface area contributed by atoms with Crippen molar-refractivity contribution in [3.05, 3.63) is 47.5 Å². The quantitative estimate of drug-likeness (QED) is 0.560. The monoisotopic (exact) mass is 473 g/mol. The Labute approximate surface area is 197 Å². The summed E-state index contributed by atoms with van der Waals surface area (Å²) in [6, 6.07) is 6.82. The van der Waals surface area contributed by atoms with Crippen LogP contribution in [0.4, 0.5) is 8.78 Å². The number of benzene rings is 1. The minimum absolute atomic E-state index is 0.0621. The molecule has 1 aromatic carbocycles. The van der Waals surface area contributed by atoms with Crippen LogP contribution in [0.5, 0.6) is 11.5 Å². The molecule has 182 valence electrons. The third kappa shape index (κ3) is 4.88. The summed E-state index contributed by atoms with van der Waals surface area (Å²) in [6.45, 7) is 2.32. The number of ketones is 1. The van der Waals surface area contributed by atoms with Gasteiger partial charge in [-0.3, -0.25) is 9.59 Å². The lowest BCUT2D eigenvalue weighted by molar-refractivity contribution is -0.151. The number of likely N-dealkylation sites (tertiary alicyclic amines) is 1. The van der Waals surface area contributed by atoms with Crippen molar-refractivity contribution >= 4 is 11.7 Å². The standard InChI is InChI=1S/C25H29F2N3O4/c1-16-28-8-6-20(29-16)21(31)10-17-12-24(15-25(26,27)13-17)7-9-30(23(24)32)14-18-4-5-19(33-2)11-22(18)34-3/h4-6,8,11,17H,7,9-10,12-15H2,1-3H3/t17-,24+/m0/s1. The second-order valence-corrected chi connectivity index (χ2v) is 9.36. The number of Topliss-reactive ketones (excluding diaryl/α,β-unsaturated/α-hetero) is 1. The van der Waals surface area contributed by atoms with Crippen molar-refractivity contribution in [2.75, 3.05) is 20.8 Å². The number of hydrogen-bond acceptors (Lipinski definition) is 6. The van der Waals surface area contributed by atoms with Gasteiger partial charge in [-0.2, -0.15) is 0 Å². The van der Waals surface area contributed by atoms with Gasteiger partial charge in [-0.15, -0.1) is 0 Å². The van der Waals surface area contributed by atoms with E-state index in [0.717, 1.165) is 5.56 Å². The molecule has 7 nitrogen and oxygen atoms in total. The number of ether oxygens (including phenoxy) is 2. The highest BCUT2D eigenvalue weighted by Crippen LogP contribution is 2.53. The Morgan fingerprint density at radius 3 is 2.71 bits per heavy atom. The fourth-order valence-corrected chi connectivity index (χ4v) is 5.39. The van der Waals surface area contributed by atoms with Crippen molar-refractivity contribution in [1.29, 1.82) is 0 Å². The topological polar surface area (TPSA) is 81.6 Å². The van der Waals surface area contributed by atoms with E-state index in [4.69, 9.17) is 9.47 Å². The van der Waals surface area contributed by atoms with E-state index < -0.39 is 30.1 Å². The van der Waals surface area contributed by atoms with E-state index in [2.05, 4.69) is 9.97 Å². The van der Waals surface area contributed by atoms with Gasteiger partial charge in [0.15, 0.2) is 5.78 Å². The van der Waals surface area contributed by atoms with Crippen molar-refractivity contribution in [1.82, 2.24) is 14.9 Å². The van der Waals surface area contributed by atoms with Crippen LogP contribution in [0.15, 0.2) is 30.5 Å². The number of halogens is 2. The van der Waals surface area contributed by atoms with E-state index in [0.29, 0.717) is 30.3 Å². The van der Waals surface area contributed by atoms with Crippen molar-refractivity contribution in [3.63, 3.8) is 0 Å². The second-order valence-electron chi connectivity index (χ2n) is 9.36. The van der Waals surface area contributed by atoms with Crippen molar-refractivity contribution in [2.24, 2.45) is 11.3 Å². The zero-order valence-corrected chi connectivity index (χ0v) is 19.6. The first-order chi connectivity index (χ1) is 16.1. The highest BCUT2D eigenvalue weighted by molar-refractivity contribution is 5.94. The van der Waals surface area contributed by atoms with Crippen LogP contribution in [0.3, 0.4) is 0 Å². The molecule has 0 radical (unpaired) electrons. The van der Waals surface area contributed by atoms with Crippen LogP contribution >= 0.6 is 0 Å². The number of carbonyl (C=O) groups excluding carboxylic acids is 2. The van der Waals surface area contributed by atoms with Gasteiger partial charge in [0, 0.05) is 50.2 Å². The summed E-state index contributed by atoms with van der Waals surface area (Å²) in [5.41, 5.74) is -0.155. The highest BCUT2D eigenvalue weighted by Gasteiger charge is 2.57. The summed E-state index contributed by atoms with van der Waals surface area (Å²) in [6.07, 6.45) is 1.16. The number of hydrogen-bond donors (Lipinski definition) is 0. The maximum Gasteiger partial charge on any atom is 0.249 e. The number of carbonyl (C=O) groups is 2. The van der Waals surface area contributed by atoms with Gasteiger partial charge in [-0.05, 0) is 43.9 Å². The van der Waals surface area contributed by atoms with Crippen LogP contribution in [0.25, 0.3) is 0 Å². The minimum atomic E-state index is -3.01. The van der Waals surface area contributed by atoms with E-state index >= 15 is 0 Å². The molecule has 0 bridgehead atoms. The highest BCUT2D eigenvalue weighted by atomic mass is 19.3. The molecule has 1 aliphatic heterocycles. The summed E-state index contributed by atoms with van der Waals surface area (Å²) in [4.78, 5) is 35.9. The number of aryl methyl sites for hydroxylation is 1. The molecular weight excluding hydrogens is 444 g/mol. The van der Waals surface area contributed by atoms with Crippen LogP contribution in [-0.2, 0) is 11.3 Å². The van der Waals surface area contributed by atoms with Gasteiger partial charge in [0.1, 0.15) is 23.0 Å². The lowest BCUT2D eigenvalue weighted by atomic mass is 9.66. The third-order valence-electron chi connectivity index (χ3n) is 6.86. The number of methoxy groups -OCH3 is 2. The second kappa shape index (κ2) is 9.27. The van der Waals surface area contributed by atoms with Gasteiger partial charge in [0.05, 0.1) is 19.6 Å². The van der Waals surface area contributed by atoms with Crippen LogP contribution < -0.4 is 9.47 Å². The number of nitrogens with zero attached hydrogens (tertiary/aromatic N) is 3. The van der Waals surface area contributed by atoms with Crippen molar-refractivity contribution < 1.29 is 27.8 Å². The minimum Gasteiger partial charge on any atom is -0.497 e. The first kappa shape index (κ1) is 24.0. The lowest BCUT2D eigenvalue weighted by Crippen LogP contribution is -2.45. The van der Waals surface area contributed by atoms with Gasteiger partial charge >= 0.3 is 0 Å². The Balaban J connectivity index is 1.51. The molecule has 2 aromatic rings. The number of rotatable bonds is 7. The molecule has 1 saturated heterocycles. The van der Waals surface area contributed by atoms with Gasteiger partial charge in [-0.25, -0.2) is 18.7 Å². The van der Waals surface area contributed by atoms with Crippen LogP contribution in [0, 0.1) is 18.3 Å². The van der Waals surface area contributed by atoms with Crippen LogP contribution in [0.1, 0.15) is 54.0 Å². The molecule has 2 atom stereocenters. The zero-order valence-electron chi connectivity index (χ0n) is 19.6. The summed E-state index contributed by atoms with van der Waals surface area (Å²) in [5.74, 6) is -2.52. The first-order valence-electron chi connectivity index (χ1n) is 11.4. The van der Waals surface area contributed by atoms with Crippen LogP contribution in [0.2, 0.25) is 0 Å². The number of amides is 1. The van der Waals surface area contributed by atoms with E-state index in [-0.39, 0.29) is 36.8 Å². The normalized spacial score (nSPS) is 23.9. The number of aromatic nitrogens is 2. The lowest BCUT2D eigenvalue weighted by Gasteiger charge is -2.40. The van der Waals surface area contributed by atoms with Crippen molar-refractivity contribution in [3.8, 4) is 11.5 Å². The fraction of sp³-hybridized carbons (Fsp3) is 0.520. The molecule has 1 spiro atoms. The molecule has 1 amide bonds. The largest absolute Gasteiger partial charge is 0.497 e. The molecular formula is C25H29F2N3O4. The molecule has 2 fully saturated rings. The summed E-state index contributed by atoms with van der Waals surface area (Å²) >= 11 is 0. The Morgan fingerprint density at radius 1 is 1.21 bits per heavy atom. The zero-order chi connectivity index (χ0) is 24.5. The molecule has 0 N–H and O–H groups in total. The average Bonchev–Trinajstić information content (AvgIpc) is 3.07. The molecule has 1 aromatic heterocycles. The molecule has 4 rings (SSSR count). The third-order valence-corrected chi connectivity index (χ3v) is 6.86. The molecule has 2 heterocycles. The van der Waals surface area contributed by atoms with Gasteiger partial charge in [0.2, 0.25) is 11.8 Å². The molecule has 9 heteroatoms. The maximum absolute atomic E-state index is 14.9. The predicted molar refractivity (Wildman–Crippen MR) is 120 cm³/mol. The van der Waals surface area contributed by atoms with E-state index in [9.17, 15) is 18.4 Å². The van der Waals surface area contributed by atoms with E-state index in [1.165, 1.54) is 19.4 Å². The molecule has 0 unspecified atom stereocenters. The maximum atomic E-state index is 14.9. The SMILES string of the molecule is COc1ccc(CN2CC[C@]3(C[C@H](CC(=O)c4ccnc(C)n4)CC(F)(F)C3)C2=O)c(OC)c1. The fourth-order valence-electron chi connectivity index (χ4n) is 5.39. The first-order valence-corrected chi connectivity index (χ1v) is 11.4. The Kier molecular flexibility index (Phi) is 6.55. The Morgan fingerprint density at radius 2 is 2.00 bits per heavy atom.